The largest absolute Gasteiger partial charge is 0.491 e. The highest BCUT2D eigenvalue weighted by Gasteiger charge is 2.43. The average molecular weight is 315 g/mol. The highest BCUT2D eigenvalue weighted by molar-refractivity contribution is 9.08. The van der Waals surface area contributed by atoms with Crippen LogP contribution >= 0.6 is 27.5 Å². The Morgan fingerprint density at radius 2 is 2.24 bits per heavy atom. The SMILES string of the molecule is N#CCC1(COc2c(Cl)cccc2CBr)CC1. The molecule has 1 fully saturated rings. The van der Waals surface area contributed by atoms with Gasteiger partial charge in [-0.1, -0.05) is 39.7 Å². The number of halogens is 2. The summed E-state index contributed by atoms with van der Waals surface area (Å²) in [5.41, 5.74) is 1.13. The summed E-state index contributed by atoms with van der Waals surface area (Å²) in [6, 6.07) is 7.95. The zero-order valence-corrected chi connectivity index (χ0v) is 11.7. The lowest BCUT2D eigenvalue weighted by atomic mass is 10.1. The van der Waals surface area contributed by atoms with E-state index in [1.54, 1.807) is 0 Å². The molecule has 1 aliphatic carbocycles. The van der Waals surface area contributed by atoms with E-state index in [1.165, 1.54) is 0 Å². The van der Waals surface area contributed by atoms with Crippen LogP contribution < -0.4 is 4.74 Å². The van der Waals surface area contributed by atoms with Crippen molar-refractivity contribution < 1.29 is 4.74 Å². The molecule has 0 heterocycles. The van der Waals surface area contributed by atoms with Gasteiger partial charge >= 0.3 is 0 Å². The first-order valence-electron chi connectivity index (χ1n) is 5.54. The topological polar surface area (TPSA) is 33.0 Å². The highest BCUT2D eigenvalue weighted by atomic mass is 79.9. The molecule has 2 nitrogen and oxygen atoms in total. The molecular weight excluding hydrogens is 302 g/mol. The number of para-hydroxylation sites is 1. The first-order chi connectivity index (χ1) is 8.21. The number of alkyl halides is 1. The van der Waals surface area contributed by atoms with Crippen molar-refractivity contribution in [2.75, 3.05) is 6.61 Å². The molecule has 0 N–H and O–H groups in total. The van der Waals surface area contributed by atoms with E-state index in [-0.39, 0.29) is 5.41 Å². The van der Waals surface area contributed by atoms with Gasteiger partial charge in [-0.25, -0.2) is 0 Å². The van der Waals surface area contributed by atoms with Crippen molar-refractivity contribution in [3.8, 4) is 11.8 Å². The van der Waals surface area contributed by atoms with Crippen LogP contribution in [0.15, 0.2) is 18.2 Å². The number of nitriles is 1. The summed E-state index contributed by atoms with van der Waals surface area (Å²) in [5.74, 6) is 0.746. The highest BCUT2D eigenvalue weighted by Crippen LogP contribution is 2.49. The third kappa shape index (κ3) is 2.94. The first-order valence-corrected chi connectivity index (χ1v) is 7.04. The summed E-state index contributed by atoms with van der Waals surface area (Å²) < 4.78 is 5.83. The van der Waals surface area contributed by atoms with Crippen LogP contribution in [-0.4, -0.2) is 6.61 Å². The van der Waals surface area contributed by atoms with Crippen LogP contribution in [-0.2, 0) is 5.33 Å². The van der Waals surface area contributed by atoms with Crippen LogP contribution in [0.4, 0.5) is 0 Å². The van der Waals surface area contributed by atoms with Gasteiger partial charge in [0.2, 0.25) is 0 Å². The number of benzene rings is 1. The fourth-order valence-corrected chi connectivity index (χ4v) is 2.45. The molecule has 17 heavy (non-hydrogen) atoms. The molecule has 0 amide bonds. The number of nitrogens with zero attached hydrogens (tertiary/aromatic N) is 1. The quantitative estimate of drug-likeness (QED) is 0.759. The summed E-state index contributed by atoms with van der Waals surface area (Å²) in [7, 11) is 0. The molecule has 2 rings (SSSR count). The van der Waals surface area contributed by atoms with E-state index in [0.29, 0.717) is 23.4 Å². The van der Waals surface area contributed by atoms with E-state index in [2.05, 4.69) is 22.0 Å². The van der Waals surface area contributed by atoms with Gasteiger partial charge in [-0.3, -0.25) is 0 Å². The second-order valence-electron chi connectivity index (χ2n) is 4.49. The lowest BCUT2D eigenvalue weighted by molar-refractivity contribution is 0.235. The Morgan fingerprint density at radius 1 is 1.47 bits per heavy atom. The minimum atomic E-state index is 0.0809. The van der Waals surface area contributed by atoms with Crippen molar-refractivity contribution in [2.45, 2.75) is 24.6 Å². The molecule has 1 aromatic rings. The molecule has 0 bridgehead atoms. The average Bonchev–Trinajstić information content (AvgIpc) is 3.08. The van der Waals surface area contributed by atoms with E-state index in [9.17, 15) is 0 Å². The van der Waals surface area contributed by atoms with Crippen molar-refractivity contribution in [3.05, 3.63) is 28.8 Å². The van der Waals surface area contributed by atoms with Crippen LogP contribution in [0.2, 0.25) is 5.02 Å². The third-order valence-corrected chi connectivity index (χ3v) is 4.03. The summed E-state index contributed by atoms with van der Waals surface area (Å²) >= 11 is 9.54. The smallest absolute Gasteiger partial charge is 0.141 e. The Morgan fingerprint density at radius 3 is 2.82 bits per heavy atom. The summed E-state index contributed by atoms with van der Waals surface area (Å²) in [6.45, 7) is 0.588. The lowest BCUT2D eigenvalue weighted by Crippen LogP contribution is -2.13. The van der Waals surface area contributed by atoms with Crippen molar-refractivity contribution in [1.82, 2.24) is 0 Å². The van der Waals surface area contributed by atoms with Crippen LogP contribution in [0.5, 0.6) is 5.75 Å². The van der Waals surface area contributed by atoms with Crippen LogP contribution in [0.1, 0.15) is 24.8 Å². The van der Waals surface area contributed by atoms with Crippen molar-refractivity contribution in [3.63, 3.8) is 0 Å². The van der Waals surface area contributed by atoms with E-state index in [1.807, 2.05) is 18.2 Å². The van der Waals surface area contributed by atoms with Gasteiger partial charge in [-0.05, 0) is 18.9 Å². The van der Waals surface area contributed by atoms with Gasteiger partial charge in [-0.15, -0.1) is 0 Å². The molecule has 0 aromatic heterocycles. The zero-order chi connectivity index (χ0) is 12.3. The van der Waals surface area contributed by atoms with Crippen LogP contribution in [0.25, 0.3) is 0 Å². The van der Waals surface area contributed by atoms with Crippen molar-refractivity contribution in [1.29, 1.82) is 5.26 Å². The predicted octanol–water partition coefficient (Wildman–Crippen LogP) is 4.31. The third-order valence-electron chi connectivity index (χ3n) is 3.13. The zero-order valence-electron chi connectivity index (χ0n) is 9.38. The van der Waals surface area contributed by atoms with Gasteiger partial charge in [0.15, 0.2) is 0 Å². The maximum absolute atomic E-state index is 8.76. The Hall–Kier alpha value is -0.720. The van der Waals surface area contributed by atoms with Gasteiger partial charge < -0.3 is 4.74 Å². The summed E-state index contributed by atoms with van der Waals surface area (Å²) in [5, 5.41) is 10.1. The lowest BCUT2D eigenvalue weighted by Gasteiger charge is -2.16. The second-order valence-corrected chi connectivity index (χ2v) is 5.45. The molecule has 0 atom stereocenters. The normalized spacial score (nSPS) is 16.3. The van der Waals surface area contributed by atoms with E-state index in [0.717, 1.165) is 24.2 Å². The molecule has 0 spiro atoms. The summed E-state index contributed by atoms with van der Waals surface area (Å²) in [4.78, 5) is 0. The second kappa shape index (κ2) is 5.29. The molecule has 0 saturated heterocycles. The molecule has 0 radical (unpaired) electrons. The molecule has 4 heteroatoms. The minimum absolute atomic E-state index is 0.0809. The van der Waals surface area contributed by atoms with E-state index in [4.69, 9.17) is 21.6 Å². The van der Waals surface area contributed by atoms with Gasteiger partial charge in [0.25, 0.3) is 0 Å². The summed E-state index contributed by atoms with van der Waals surface area (Å²) in [6.07, 6.45) is 2.73. The molecule has 1 saturated carbocycles. The van der Waals surface area contributed by atoms with Crippen LogP contribution in [0.3, 0.4) is 0 Å². The number of rotatable bonds is 5. The first kappa shape index (κ1) is 12.7. The van der Waals surface area contributed by atoms with E-state index < -0.39 is 0 Å². The predicted molar refractivity (Wildman–Crippen MR) is 71.5 cm³/mol. The minimum Gasteiger partial charge on any atom is -0.491 e. The monoisotopic (exact) mass is 313 g/mol. The maximum Gasteiger partial charge on any atom is 0.141 e. The fourth-order valence-electron chi connectivity index (χ4n) is 1.76. The molecule has 1 aliphatic rings. The molecule has 1 aromatic carbocycles. The van der Waals surface area contributed by atoms with Crippen LogP contribution in [0, 0.1) is 16.7 Å². The van der Waals surface area contributed by atoms with Gasteiger partial charge in [0.05, 0.1) is 17.7 Å². The number of ether oxygens (including phenoxy) is 1. The maximum atomic E-state index is 8.76. The Bertz CT molecular complexity index is 451. The fraction of sp³-hybridized carbons (Fsp3) is 0.462. The Labute approximate surface area is 115 Å². The van der Waals surface area contributed by atoms with Crippen molar-refractivity contribution in [2.24, 2.45) is 5.41 Å². The van der Waals surface area contributed by atoms with Gasteiger partial charge in [-0.2, -0.15) is 5.26 Å². The number of hydrogen-bond acceptors (Lipinski definition) is 2. The van der Waals surface area contributed by atoms with Crippen molar-refractivity contribution >= 4 is 27.5 Å². The molecule has 90 valence electrons. The Balaban J connectivity index is 2.07. The number of hydrogen-bond donors (Lipinski definition) is 0. The molecular formula is C13H13BrClNO. The standard InChI is InChI=1S/C13H13BrClNO/c14-8-10-2-1-3-11(15)12(10)17-9-13(4-5-13)6-7-16/h1-3H,4-6,8-9H2. The molecule has 0 unspecified atom stereocenters. The molecule has 0 aliphatic heterocycles. The Kier molecular flexibility index (Phi) is 3.96. The van der Waals surface area contributed by atoms with Gasteiger partial charge in [0.1, 0.15) is 5.75 Å². The van der Waals surface area contributed by atoms with Gasteiger partial charge in [0, 0.05) is 22.7 Å². The van der Waals surface area contributed by atoms with E-state index >= 15 is 0 Å².